The van der Waals surface area contributed by atoms with E-state index in [9.17, 15) is 4.79 Å². The number of para-hydroxylation sites is 1. The zero-order chi connectivity index (χ0) is 13.9. The summed E-state index contributed by atoms with van der Waals surface area (Å²) in [5.74, 6) is 1.46. The number of rotatable bonds is 4. The fourth-order valence-corrected chi connectivity index (χ4v) is 3.16. The first-order valence-corrected chi connectivity index (χ1v) is 7.42. The summed E-state index contributed by atoms with van der Waals surface area (Å²) in [6, 6.07) is 8.45. The van der Waals surface area contributed by atoms with Gasteiger partial charge in [0.15, 0.2) is 0 Å². The van der Waals surface area contributed by atoms with E-state index in [1.54, 1.807) is 7.11 Å². The minimum Gasteiger partial charge on any atom is -0.496 e. The van der Waals surface area contributed by atoms with Gasteiger partial charge >= 0.3 is 0 Å². The molecule has 0 aromatic heterocycles. The van der Waals surface area contributed by atoms with Gasteiger partial charge in [0.1, 0.15) is 5.75 Å². The molecule has 2 aliphatic rings. The molecule has 1 aromatic rings. The molecule has 0 aliphatic carbocycles. The summed E-state index contributed by atoms with van der Waals surface area (Å²) in [4.78, 5) is 14.5. The van der Waals surface area contributed by atoms with E-state index in [2.05, 4.69) is 16.3 Å². The molecule has 2 heterocycles. The molecule has 0 radical (unpaired) electrons. The highest BCUT2D eigenvalue weighted by Crippen LogP contribution is 2.27. The van der Waals surface area contributed by atoms with Gasteiger partial charge in [-0.1, -0.05) is 18.2 Å². The first-order valence-electron chi connectivity index (χ1n) is 7.42. The lowest BCUT2D eigenvalue weighted by atomic mass is 9.99. The quantitative estimate of drug-likeness (QED) is 0.903. The van der Waals surface area contributed by atoms with Crippen LogP contribution in [-0.2, 0) is 11.2 Å². The monoisotopic (exact) mass is 274 g/mol. The molecule has 20 heavy (non-hydrogen) atoms. The van der Waals surface area contributed by atoms with Crippen LogP contribution in [0.25, 0.3) is 0 Å². The maximum Gasteiger partial charge on any atom is 0.228 e. The van der Waals surface area contributed by atoms with Gasteiger partial charge in [0, 0.05) is 25.7 Å². The summed E-state index contributed by atoms with van der Waals surface area (Å²) in [5.41, 5.74) is 1.20. The first kappa shape index (κ1) is 13.4. The van der Waals surface area contributed by atoms with E-state index in [4.69, 9.17) is 4.74 Å². The molecule has 1 atom stereocenters. The van der Waals surface area contributed by atoms with Crippen LogP contribution in [0.2, 0.25) is 0 Å². The van der Waals surface area contributed by atoms with Crippen LogP contribution in [-0.4, -0.2) is 43.6 Å². The molecular weight excluding hydrogens is 252 g/mol. The highest BCUT2D eigenvalue weighted by molar-refractivity contribution is 5.80. The van der Waals surface area contributed by atoms with Crippen LogP contribution in [0.4, 0.5) is 0 Å². The van der Waals surface area contributed by atoms with Crippen LogP contribution < -0.4 is 10.1 Å². The third-order valence-electron chi connectivity index (χ3n) is 4.44. The van der Waals surface area contributed by atoms with Gasteiger partial charge < -0.3 is 15.0 Å². The Bertz CT molecular complexity index is 485. The van der Waals surface area contributed by atoms with Gasteiger partial charge in [-0.3, -0.25) is 4.79 Å². The van der Waals surface area contributed by atoms with E-state index in [0.717, 1.165) is 44.6 Å². The van der Waals surface area contributed by atoms with Crippen molar-refractivity contribution in [1.82, 2.24) is 10.2 Å². The number of carbonyl (C=O) groups is 1. The summed E-state index contributed by atoms with van der Waals surface area (Å²) >= 11 is 0. The molecule has 4 heteroatoms. The Balaban J connectivity index is 1.70. The SMILES string of the molecule is COc1ccccc1CC1CCCN1C(=O)C1CNC1. The van der Waals surface area contributed by atoms with E-state index in [1.165, 1.54) is 5.56 Å². The third-order valence-corrected chi connectivity index (χ3v) is 4.44. The summed E-state index contributed by atoms with van der Waals surface area (Å²) < 4.78 is 5.42. The van der Waals surface area contributed by atoms with E-state index >= 15 is 0 Å². The lowest BCUT2D eigenvalue weighted by Gasteiger charge is -2.33. The minimum atomic E-state index is 0.202. The standard InChI is InChI=1S/C16H22N2O2/c1-20-15-7-3-2-5-12(15)9-14-6-4-8-18(14)16(19)13-10-17-11-13/h2-3,5,7,13-14,17H,4,6,8-11H2,1H3. The molecule has 2 saturated heterocycles. The van der Waals surface area contributed by atoms with Gasteiger partial charge in [-0.2, -0.15) is 0 Å². The molecule has 1 unspecified atom stereocenters. The number of carbonyl (C=O) groups excluding carboxylic acids is 1. The Morgan fingerprint density at radius 2 is 2.20 bits per heavy atom. The Morgan fingerprint density at radius 1 is 1.40 bits per heavy atom. The number of hydrogen-bond acceptors (Lipinski definition) is 3. The summed E-state index contributed by atoms with van der Waals surface area (Å²) in [5, 5.41) is 3.18. The predicted molar refractivity (Wildman–Crippen MR) is 77.8 cm³/mol. The van der Waals surface area contributed by atoms with E-state index < -0.39 is 0 Å². The van der Waals surface area contributed by atoms with Crippen molar-refractivity contribution in [3.63, 3.8) is 0 Å². The van der Waals surface area contributed by atoms with Crippen molar-refractivity contribution in [3.8, 4) is 5.75 Å². The van der Waals surface area contributed by atoms with Crippen LogP contribution >= 0.6 is 0 Å². The number of benzene rings is 1. The lowest BCUT2D eigenvalue weighted by molar-refractivity contribution is -0.137. The van der Waals surface area contributed by atoms with Gasteiger partial charge in [0.05, 0.1) is 13.0 Å². The Hall–Kier alpha value is -1.55. The third kappa shape index (κ3) is 2.52. The second kappa shape index (κ2) is 5.83. The number of nitrogens with one attached hydrogen (secondary N) is 1. The maximum atomic E-state index is 12.4. The molecular formula is C16H22N2O2. The van der Waals surface area contributed by atoms with Gasteiger partial charge in [-0.15, -0.1) is 0 Å². The molecule has 1 amide bonds. The van der Waals surface area contributed by atoms with Crippen molar-refractivity contribution in [3.05, 3.63) is 29.8 Å². The molecule has 0 saturated carbocycles. The smallest absolute Gasteiger partial charge is 0.228 e. The van der Waals surface area contributed by atoms with Crippen molar-refractivity contribution in [2.24, 2.45) is 5.92 Å². The number of likely N-dealkylation sites (tertiary alicyclic amines) is 1. The van der Waals surface area contributed by atoms with Crippen molar-refractivity contribution in [2.75, 3.05) is 26.7 Å². The van der Waals surface area contributed by atoms with E-state index in [0.29, 0.717) is 11.9 Å². The fraction of sp³-hybridized carbons (Fsp3) is 0.562. The number of amides is 1. The van der Waals surface area contributed by atoms with Gasteiger partial charge in [0.2, 0.25) is 5.91 Å². The Morgan fingerprint density at radius 3 is 2.90 bits per heavy atom. The lowest BCUT2D eigenvalue weighted by Crippen LogP contribution is -2.53. The topological polar surface area (TPSA) is 41.6 Å². The predicted octanol–water partition coefficient (Wildman–Crippen LogP) is 1.45. The number of hydrogen-bond donors (Lipinski definition) is 1. The van der Waals surface area contributed by atoms with Crippen molar-refractivity contribution in [2.45, 2.75) is 25.3 Å². The van der Waals surface area contributed by atoms with Gasteiger partial charge in [0.25, 0.3) is 0 Å². The van der Waals surface area contributed by atoms with Crippen molar-refractivity contribution >= 4 is 5.91 Å². The molecule has 0 spiro atoms. The molecule has 3 rings (SSSR count). The van der Waals surface area contributed by atoms with Crippen LogP contribution in [0.5, 0.6) is 5.75 Å². The Labute approximate surface area is 120 Å². The summed E-state index contributed by atoms with van der Waals surface area (Å²) in [6.45, 7) is 2.60. The average molecular weight is 274 g/mol. The maximum absolute atomic E-state index is 12.4. The fourth-order valence-electron chi connectivity index (χ4n) is 3.16. The van der Waals surface area contributed by atoms with Crippen LogP contribution in [0.3, 0.4) is 0 Å². The number of ether oxygens (including phenoxy) is 1. The number of nitrogens with zero attached hydrogens (tertiary/aromatic N) is 1. The normalized spacial score (nSPS) is 22.6. The van der Waals surface area contributed by atoms with Crippen molar-refractivity contribution in [1.29, 1.82) is 0 Å². The van der Waals surface area contributed by atoms with Crippen LogP contribution in [0.1, 0.15) is 18.4 Å². The second-order valence-electron chi connectivity index (χ2n) is 5.70. The van der Waals surface area contributed by atoms with E-state index in [1.807, 2.05) is 18.2 Å². The molecule has 2 fully saturated rings. The van der Waals surface area contributed by atoms with Gasteiger partial charge in [-0.25, -0.2) is 0 Å². The molecule has 108 valence electrons. The highest BCUT2D eigenvalue weighted by atomic mass is 16.5. The van der Waals surface area contributed by atoms with Crippen molar-refractivity contribution < 1.29 is 9.53 Å². The number of methoxy groups -OCH3 is 1. The zero-order valence-corrected chi connectivity index (χ0v) is 12.0. The largest absolute Gasteiger partial charge is 0.496 e. The minimum absolute atomic E-state index is 0.202. The van der Waals surface area contributed by atoms with Gasteiger partial charge in [-0.05, 0) is 30.9 Å². The molecule has 4 nitrogen and oxygen atoms in total. The van der Waals surface area contributed by atoms with E-state index in [-0.39, 0.29) is 5.92 Å². The summed E-state index contributed by atoms with van der Waals surface area (Å²) in [7, 11) is 1.70. The molecule has 0 bridgehead atoms. The second-order valence-corrected chi connectivity index (χ2v) is 5.70. The van der Waals surface area contributed by atoms with Crippen LogP contribution in [0, 0.1) is 5.92 Å². The molecule has 1 N–H and O–H groups in total. The average Bonchev–Trinajstić information content (AvgIpc) is 2.85. The van der Waals surface area contributed by atoms with Crippen LogP contribution in [0.15, 0.2) is 24.3 Å². The summed E-state index contributed by atoms with van der Waals surface area (Å²) in [6.07, 6.45) is 3.12. The molecule has 2 aliphatic heterocycles. The highest BCUT2D eigenvalue weighted by Gasteiger charge is 2.35. The zero-order valence-electron chi connectivity index (χ0n) is 12.0. The first-order chi connectivity index (χ1) is 9.79. The Kier molecular flexibility index (Phi) is 3.92. The molecule has 1 aromatic carbocycles.